The molecule has 1 atom stereocenters. The van der Waals surface area contributed by atoms with Gasteiger partial charge in [0.05, 0.1) is 5.92 Å². The van der Waals surface area contributed by atoms with E-state index in [0.29, 0.717) is 25.3 Å². The van der Waals surface area contributed by atoms with Crippen LogP contribution in [0.4, 0.5) is 0 Å². The van der Waals surface area contributed by atoms with Crippen LogP contribution in [-0.2, 0) is 20.8 Å². The molecule has 1 heterocycles. The molecule has 1 aliphatic rings. The maximum atomic E-state index is 12.1. The van der Waals surface area contributed by atoms with E-state index in [4.69, 9.17) is 4.74 Å². The van der Waals surface area contributed by atoms with Gasteiger partial charge >= 0.3 is 0 Å². The van der Waals surface area contributed by atoms with E-state index in [1.165, 1.54) is 12.5 Å². The molecule has 1 saturated heterocycles. The molecule has 0 bridgehead atoms. The van der Waals surface area contributed by atoms with Gasteiger partial charge < -0.3 is 9.64 Å². The first kappa shape index (κ1) is 18.8. The summed E-state index contributed by atoms with van der Waals surface area (Å²) in [7, 11) is 0. The van der Waals surface area contributed by atoms with Gasteiger partial charge in [-0.2, -0.15) is 0 Å². The van der Waals surface area contributed by atoms with E-state index in [1.807, 2.05) is 24.3 Å². The van der Waals surface area contributed by atoms with Crippen LogP contribution in [0.15, 0.2) is 24.3 Å². The first-order chi connectivity index (χ1) is 12.0. The molecule has 1 aliphatic heterocycles. The van der Waals surface area contributed by atoms with E-state index in [1.54, 1.807) is 4.90 Å². The number of carbonyl (C=O) groups is 3. The summed E-state index contributed by atoms with van der Waals surface area (Å²) in [6.45, 7) is 4.43. The van der Waals surface area contributed by atoms with Gasteiger partial charge in [0, 0.05) is 20.0 Å². The van der Waals surface area contributed by atoms with E-state index < -0.39 is 5.91 Å². The molecule has 0 radical (unpaired) electrons. The van der Waals surface area contributed by atoms with Crippen molar-refractivity contribution >= 4 is 17.7 Å². The van der Waals surface area contributed by atoms with Gasteiger partial charge in [-0.3, -0.25) is 25.2 Å². The SMILES string of the molecule is CCc1ccc(OCC(=O)NNC(=O)[C@H]2CCCN(C(C)=O)C2)cc1. The van der Waals surface area contributed by atoms with Gasteiger partial charge in [-0.05, 0) is 37.0 Å². The molecule has 2 rings (SSSR count). The predicted molar refractivity (Wildman–Crippen MR) is 92.6 cm³/mol. The van der Waals surface area contributed by atoms with Gasteiger partial charge in [0.25, 0.3) is 5.91 Å². The van der Waals surface area contributed by atoms with E-state index in [-0.39, 0.29) is 24.3 Å². The van der Waals surface area contributed by atoms with E-state index >= 15 is 0 Å². The summed E-state index contributed by atoms with van der Waals surface area (Å²) in [4.78, 5) is 36.9. The first-order valence-corrected chi connectivity index (χ1v) is 8.55. The third-order valence-electron chi connectivity index (χ3n) is 4.26. The lowest BCUT2D eigenvalue weighted by molar-refractivity contribution is -0.136. The van der Waals surface area contributed by atoms with Crippen LogP contribution in [0, 0.1) is 5.92 Å². The van der Waals surface area contributed by atoms with Gasteiger partial charge in [0.2, 0.25) is 11.8 Å². The molecule has 136 valence electrons. The normalized spacial score (nSPS) is 16.9. The number of hydrazine groups is 1. The van der Waals surface area contributed by atoms with Gasteiger partial charge in [0.1, 0.15) is 5.75 Å². The molecule has 1 aromatic rings. The number of ether oxygens (including phenoxy) is 1. The lowest BCUT2D eigenvalue weighted by Crippen LogP contribution is -2.50. The van der Waals surface area contributed by atoms with Crippen molar-refractivity contribution in [3.05, 3.63) is 29.8 Å². The van der Waals surface area contributed by atoms with Crippen molar-refractivity contribution in [3.8, 4) is 5.75 Å². The molecule has 0 aliphatic carbocycles. The third kappa shape index (κ3) is 5.77. The first-order valence-electron chi connectivity index (χ1n) is 8.55. The Balaban J connectivity index is 1.71. The number of carbonyl (C=O) groups excluding carboxylic acids is 3. The summed E-state index contributed by atoms with van der Waals surface area (Å²) >= 11 is 0. The highest BCUT2D eigenvalue weighted by atomic mass is 16.5. The number of rotatable bonds is 5. The maximum absolute atomic E-state index is 12.1. The van der Waals surface area contributed by atoms with Crippen LogP contribution in [-0.4, -0.2) is 42.3 Å². The summed E-state index contributed by atoms with van der Waals surface area (Å²) in [5.74, 6) is -0.466. The monoisotopic (exact) mass is 347 g/mol. The molecule has 1 aromatic carbocycles. The summed E-state index contributed by atoms with van der Waals surface area (Å²) in [6, 6.07) is 7.50. The Morgan fingerprint density at radius 2 is 1.92 bits per heavy atom. The number of amides is 3. The molecule has 0 unspecified atom stereocenters. The smallest absolute Gasteiger partial charge is 0.276 e. The summed E-state index contributed by atoms with van der Waals surface area (Å²) in [5, 5.41) is 0. The van der Waals surface area contributed by atoms with Crippen LogP contribution in [0.25, 0.3) is 0 Å². The molecule has 1 fully saturated rings. The third-order valence-corrected chi connectivity index (χ3v) is 4.26. The molecular weight excluding hydrogens is 322 g/mol. The zero-order valence-corrected chi connectivity index (χ0v) is 14.7. The largest absolute Gasteiger partial charge is 0.484 e. The minimum absolute atomic E-state index is 0.0379. The lowest BCUT2D eigenvalue weighted by Gasteiger charge is -2.31. The molecule has 7 heteroatoms. The second kappa shape index (κ2) is 9.05. The molecular formula is C18H25N3O4. The van der Waals surface area contributed by atoms with Gasteiger partial charge in [-0.25, -0.2) is 0 Å². The van der Waals surface area contributed by atoms with Crippen molar-refractivity contribution in [2.75, 3.05) is 19.7 Å². The number of piperidine rings is 1. The van der Waals surface area contributed by atoms with Crippen molar-refractivity contribution in [2.24, 2.45) is 5.92 Å². The van der Waals surface area contributed by atoms with Crippen LogP contribution < -0.4 is 15.6 Å². The number of nitrogens with one attached hydrogen (secondary N) is 2. The summed E-state index contributed by atoms with van der Waals surface area (Å²) in [6.07, 6.45) is 2.42. The Kier molecular flexibility index (Phi) is 6.80. The Bertz CT molecular complexity index is 615. The van der Waals surface area contributed by atoms with Gasteiger partial charge in [-0.1, -0.05) is 19.1 Å². The van der Waals surface area contributed by atoms with Crippen molar-refractivity contribution in [2.45, 2.75) is 33.1 Å². The molecule has 0 aromatic heterocycles. The highest BCUT2D eigenvalue weighted by molar-refractivity contribution is 5.84. The predicted octanol–water partition coefficient (Wildman–Crippen LogP) is 1.03. The number of nitrogens with zero attached hydrogens (tertiary/aromatic N) is 1. The zero-order chi connectivity index (χ0) is 18.2. The highest BCUT2D eigenvalue weighted by Gasteiger charge is 2.27. The average Bonchev–Trinajstić information content (AvgIpc) is 2.64. The van der Waals surface area contributed by atoms with Crippen molar-refractivity contribution in [3.63, 3.8) is 0 Å². The second-order valence-electron chi connectivity index (χ2n) is 6.13. The fourth-order valence-electron chi connectivity index (χ4n) is 2.72. The lowest BCUT2D eigenvalue weighted by atomic mass is 9.97. The van der Waals surface area contributed by atoms with Crippen molar-refractivity contribution < 1.29 is 19.1 Å². The van der Waals surface area contributed by atoms with Crippen LogP contribution >= 0.6 is 0 Å². The minimum Gasteiger partial charge on any atom is -0.484 e. The molecule has 3 amide bonds. The van der Waals surface area contributed by atoms with E-state index in [9.17, 15) is 14.4 Å². The quantitative estimate of drug-likeness (QED) is 0.779. The fraction of sp³-hybridized carbons (Fsp3) is 0.500. The van der Waals surface area contributed by atoms with Gasteiger partial charge in [-0.15, -0.1) is 0 Å². The number of aryl methyl sites for hydroxylation is 1. The van der Waals surface area contributed by atoms with Crippen molar-refractivity contribution in [1.29, 1.82) is 0 Å². The molecule has 0 saturated carbocycles. The standard InChI is InChI=1S/C18H25N3O4/c1-3-14-6-8-16(9-7-14)25-12-17(23)19-20-18(24)15-5-4-10-21(11-15)13(2)22/h6-9,15H,3-5,10-12H2,1-2H3,(H,19,23)(H,20,24)/t15-/m0/s1. The average molecular weight is 347 g/mol. The molecule has 2 N–H and O–H groups in total. The minimum atomic E-state index is -0.438. The Labute approximate surface area is 147 Å². The number of likely N-dealkylation sites (tertiary alicyclic amines) is 1. The van der Waals surface area contributed by atoms with Crippen LogP contribution in [0.2, 0.25) is 0 Å². The summed E-state index contributed by atoms with van der Waals surface area (Å²) < 4.78 is 5.38. The van der Waals surface area contributed by atoms with Crippen LogP contribution in [0.5, 0.6) is 5.75 Å². The Morgan fingerprint density at radius 3 is 2.56 bits per heavy atom. The molecule has 0 spiro atoms. The highest BCUT2D eigenvalue weighted by Crippen LogP contribution is 2.16. The molecule has 7 nitrogen and oxygen atoms in total. The number of benzene rings is 1. The van der Waals surface area contributed by atoms with Crippen molar-refractivity contribution in [1.82, 2.24) is 15.8 Å². The number of hydrogen-bond donors (Lipinski definition) is 2. The Hall–Kier alpha value is -2.57. The number of hydrogen-bond acceptors (Lipinski definition) is 4. The van der Waals surface area contributed by atoms with Gasteiger partial charge in [0.15, 0.2) is 6.61 Å². The van der Waals surface area contributed by atoms with Crippen LogP contribution in [0.3, 0.4) is 0 Å². The van der Waals surface area contributed by atoms with E-state index in [0.717, 1.165) is 12.8 Å². The topological polar surface area (TPSA) is 87.7 Å². The Morgan fingerprint density at radius 1 is 1.20 bits per heavy atom. The molecule has 25 heavy (non-hydrogen) atoms. The maximum Gasteiger partial charge on any atom is 0.276 e. The second-order valence-corrected chi connectivity index (χ2v) is 6.13. The fourth-order valence-corrected chi connectivity index (χ4v) is 2.72. The summed E-state index contributed by atoms with van der Waals surface area (Å²) in [5.41, 5.74) is 5.95. The zero-order valence-electron chi connectivity index (χ0n) is 14.7. The van der Waals surface area contributed by atoms with E-state index in [2.05, 4.69) is 17.8 Å². The van der Waals surface area contributed by atoms with Crippen LogP contribution in [0.1, 0.15) is 32.3 Å².